The normalized spacial score (nSPS) is 17.5. The molecular formula is C22H25N3O2. The average Bonchev–Trinajstić information content (AvgIpc) is 3.18. The van der Waals surface area contributed by atoms with E-state index in [1.165, 1.54) is 0 Å². The zero-order chi connectivity index (χ0) is 18.9. The summed E-state index contributed by atoms with van der Waals surface area (Å²) in [5, 5.41) is 3.03. The number of benzene rings is 2. The van der Waals surface area contributed by atoms with Crippen LogP contribution in [0.1, 0.15) is 32.6 Å². The molecule has 0 unspecified atom stereocenters. The second-order valence-corrected chi connectivity index (χ2v) is 7.29. The fourth-order valence-corrected chi connectivity index (χ4v) is 4.39. The molecule has 4 rings (SSSR count). The maximum absolute atomic E-state index is 13.5. The summed E-state index contributed by atoms with van der Waals surface area (Å²) in [5.41, 5.74) is 1.80. The van der Waals surface area contributed by atoms with Gasteiger partial charge in [-0.1, -0.05) is 43.2 Å². The molecule has 0 radical (unpaired) electrons. The third kappa shape index (κ3) is 2.97. The van der Waals surface area contributed by atoms with Crippen molar-refractivity contribution in [3.8, 4) is 0 Å². The number of amides is 2. The zero-order valence-corrected chi connectivity index (χ0v) is 15.6. The lowest BCUT2D eigenvalue weighted by atomic mass is 9.89. The third-order valence-corrected chi connectivity index (χ3v) is 5.75. The van der Waals surface area contributed by atoms with Gasteiger partial charge in [-0.2, -0.15) is 0 Å². The topological polar surface area (TPSA) is 52.7 Å². The molecule has 1 N–H and O–H groups in total. The predicted molar refractivity (Wildman–Crippen MR) is 108 cm³/mol. The summed E-state index contributed by atoms with van der Waals surface area (Å²) >= 11 is 0. The molecule has 2 aliphatic rings. The molecule has 1 saturated carbocycles. The molecule has 0 bridgehead atoms. The number of carbonyl (C=O) groups is 2. The fraction of sp³-hybridized carbons (Fsp3) is 0.364. The standard InChI is InChI=1S/C22H25N3O2/c1-2-24(17-10-4-3-5-11-17)16-20(26)25-19-13-7-6-12-18(19)23-21(27)22(25)14-8-9-15-22/h3-7,10-13H,2,8-9,14-16H2,1H3,(H,23,27). The Hall–Kier alpha value is -2.82. The maximum Gasteiger partial charge on any atom is 0.250 e. The zero-order valence-electron chi connectivity index (χ0n) is 15.6. The van der Waals surface area contributed by atoms with Crippen LogP contribution in [0.5, 0.6) is 0 Å². The Labute approximate surface area is 160 Å². The van der Waals surface area contributed by atoms with Crippen LogP contribution in [-0.4, -0.2) is 30.4 Å². The Bertz CT molecular complexity index is 844. The molecule has 5 heteroatoms. The summed E-state index contributed by atoms with van der Waals surface area (Å²) in [6.07, 6.45) is 3.37. The van der Waals surface area contributed by atoms with Crippen LogP contribution in [0.4, 0.5) is 17.1 Å². The lowest BCUT2D eigenvalue weighted by Crippen LogP contribution is -2.62. The van der Waals surface area contributed by atoms with Gasteiger partial charge in [-0.15, -0.1) is 0 Å². The van der Waals surface area contributed by atoms with Crippen LogP contribution in [0.2, 0.25) is 0 Å². The second kappa shape index (κ2) is 7.06. The lowest BCUT2D eigenvalue weighted by Gasteiger charge is -2.45. The van der Waals surface area contributed by atoms with Crippen LogP contribution in [0.25, 0.3) is 0 Å². The summed E-state index contributed by atoms with van der Waals surface area (Å²) in [6.45, 7) is 3.02. The highest BCUT2D eigenvalue weighted by Crippen LogP contribution is 2.45. The summed E-state index contributed by atoms with van der Waals surface area (Å²) in [4.78, 5) is 30.4. The summed E-state index contributed by atoms with van der Waals surface area (Å²) in [6, 6.07) is 17.6. The molecule has 1 aliphatic heterocycles. The minimum atomic E-state index is -0.748. The quantitative estimate of drug-likeness (QED) is 0.899. The van der Waals surface area contributed by atoms with E-state index in [2.05, 4.69) is 10.2 Å². The van der Waals surface area contributed by atoms with Crippen LogP contribution in [0, 0.1) is 0 Å². The highest BCUT2D eigenvalue weighted by Gasteiger charge is 2.52. The van der Waals surface area contributed by atoms with Crippen molar-refractivity contribution in [2.75, 3.05) is 28.2 Å². The SMILES string of the molecule is CCN(CC(=O)N1c2ccccc2NC(=O)C12CCCC2)c1ccccc1. The van der Waals surface area contributed by atoms with Gasteiger partial charge in [-0.05, 0) is 44.0 Å². The summed E-state index contributed by atoms with van der Waals surface area (Å²) < 4.78 is 0. The van der Waals surface area contributed by atoms with E-state index in [4.69, 9.17) is 0 Å². The average molecular weight is 363 g/mol. The number of fused-ring (bicyclic) bond motifs is 1. The molecule has 0 atom stereocenters. The number of hydrogen-bond acceptors (Lipinski definition) is 3. The van der Waals surface area contributed by atoms with E-state index in [0.29, 0.717) is 0 Å². The van der Waals surface area contributed by atoms with E-state index in [0.717, 1.165) is 49.3 Å². The van der Waals surface area contributed by atoms with E-state index in [-0.39, 0.29) is 18.4 Å². The molecule has 2 aromatic carbocycles. The molecule has 2 amide bonds. The van der Waals surface area contributed by atoms with Crippen molar-refractivity contribution < 1.29 is 9.59 Å². The Morgan fingerprint density at radius 2 is 1.74 bits per heavy atom. The number of likely N-dealkylation sites (N-methyl/N-ethyl adjacent to an activating group) is 1. The van der Waals surface area contributed by atoms with E-state index in [1.807, 2.05) is 61.5 Å². The first-order valence-corrected chi connectivity index (χ1v) is 9.69. The predicted octanol–water partition coefficient (Wildman–Crippen LogP) is 3.81. The first-order chi connectivity index (χ1) is 13.2. The molecular weight excluding hydrogens is 338 g/mol. The van der Waals surface area contributed by atoms with E-state index >= 15 is 0 Å². The summed E-state index contributed by atoms with van der Waals surface area (Å²) in [7, 11) is 0. The van der Waals surface area contributed by atoms with Gasteiger partial charge >= 0.3 is 0 Å². The van der Waals surface area contributed by atoms with Gasteiger partial charge in [0.05, 0.1) is 17.9 Å². The van der Waals surface area contributed by atoms with Crippen molar-refractivity contribution in [1.82, 2.24) is 0 Å². The van der Waals surface area contributed by atoms with Crippen molar-refractivity contribution in [1.29, 1.82) is 0 Å². The largest absolute Gasteiger partial charge is 0.362 e. The number of nitrogens with zero attached hydrogens (tertiary/aromatic N) is 2. The van der Waals surface area contributed by atoms with Gasteiger partial charge in [-0.25, -0.2) is 0 Å². The molecule has 5 nitrogen and oxygen atoms in total. The lowest BCUT2D eigenvalue weighted by molar-refractivity contribution is -0.126. The van der Waals surface area contributed by atoms with Gasteiger partial charge < -0.3 is 10.2 Å². The monoisotopic (exact) mass is 363 g/mol. The van der Waals surface area contributed by atoms with Gasteiger partial charge in [0.25, 0.3) is 5.91 Å². The van der Waals surface area contributed by atoms with Gasteiger partial charge in [0.15, 0.2) is 0 Å². The Morgan fingerprint density at radius 1 is 1.07 bits per heavy atom. The Kier molecular flexibility index (Phi) is 4.60. The van der Waals surface area contributed by atoms with Gasteiger partial charge in [0.2, 0.25) is 5.91 Å². The summed E-state index contributed by atoms with van der Waals surface area (Å²) in [5.74, 6) is -0.0697. The highest BCUT2D eigenvalue weighted by atomic mass is 16.2. The molecule has 0 aromatic heterocycles. The van der Waals surface area contributed by atoms with E-state index in [1.54, 1.807) is 4.90 Å². The number of anilines is 3. The minimum Gasteiger partial charge on any atom is -0.362 e. The molecule has 140 valence electrons. The van der Waals surface area contributed by atoms with Gasteiger partial charge in [0, 0.05) is 12.2 Å². The van der Waals surface area contributed by atoms with Crippen molar-refractivity contribution in [3.05, 3.63) is 54.6 Å². The smallest absolute Gasteiger partial charge is 0.250 e. The van der Waals surface area contributed by atoms with Crippen molar-refractivity contribution in [2.24, 2.45) is 0 Å². The number of hydrogen-bond donors (Lipinski definition) is 1. The van der Waals surface area contributed by atoms with Crippen molar-refractivity contribution >= 4 is 28.9 Å². The first-order valence-electron chi connectivity index (χ1n) is 9.69. The Morgan fingerprint density at radius 3 is 2.44 bits per heavy atom. The molecule has 0 saturated heterocycles. The van der Waals surface area contributed by atoms with Crippen LogP contribution < -0.4 is 15.1 Å². The van der Waals surface area contributed by atoms with E-state index < -0.39 is 5.54 Å². The first kappa shape index (κ1) is 17.6. The molecule has 1 fully saturated rings. The number of carbonyl (C=O) groups excluding carboxylic acids is 2. The molecule has 1 spiro atoms. The van der Waals surface area contributed by atoms with E-state index in [9.17, 15) is 9.59 Å². The third-order valence-electron chi connectivity index (χ3n) is 5.75. The van der Waals surface area contributed by atoms with Gasteiger partial charge in [-0.3, -0.25) is 14.5 Å². The van der Waals surface area contributed by atoms with Crippen molar-refractivity contribution in [2.45, 2.75) is 38.1 Å². The molecule has 1 heterocycles. The molecule has 2 aromatic rings. The second-order valence-electron chi connectivity index (χ2n) is 7.29. The van der Waals surface area contributed by atoms with Gasteiger partial charge in [0.1, 0.15) is 5.54 Å². The minimum absolute atomic E-state index is 0.0232. The van der Waals surface area contributed by atoms with Crippen molar-refractivity contribution in [3.63, 3.8) is 0 Å². The van der Waals surface area contributed by atoms with Crippen LogP contribution in [0.3, 0.4) is 0 Å². The van der Waals surface area contributed by atoms with Crippen LogP contribution in [0.15, 0.2) is 54.6 Å². The highest BCUT2D eigenvalue weighted by molar-refractivity contribution is 6.15. The molecule has 27 heavy (non-hydrogen) atoms. The maximum atomic E-state index is 13.5. The number of para-hydroxylation sites is 3. The van der Waals surface area contributed by atoms with Crippen LogP contribution >= 0.6 is 0 Å². The van der Waals surface area contributed by atoms with Crippen LogP contribution in [-0.2, 0) is 9.59 Å². The molecule has 1 aliphatic carbocycles. The Balaban J connectivity index is 1.70. The fourth-order valence-electron chi connectivity index (χ4n) is 4.39. The number of nitrogens with one attached hydrogen (secondary N) is 1. The number of rotatable bonds is 4.